The monoisotopic (exact) mass is 526 g/mol. The van der Waals surface area contributed by atoms with Gasteiger partial charge in [0.05, 0.1) is 34.6 Å². The molecule has 0 N–H and O–H groups in total. The van der Waals surface area contributed by atoms with Crippen LogP contribution >= 0.6 is 0 Å². The summed E-state index contributed by atoms with van der Waals surface area (Å²) in [7, 11) is 5.89. The van der Waals surface area contributed by atoms with Gasteiger partial charge >= 0.3 is 0 Å². The molecule has 0 aliphatic carbocycles. The Hall–Kier alpha value is -3.59. The fraction of sp³-hybridized carbons (Fsp3) is 0.269. The average Bonchev–Trinajstić information content (AvgIpc) is 3.40. The second kappa shape index (κ2) is 10.5. The van der Waals surface area contributed by atoms with Crippen LogP contribution in [-0.4, -0.2) is 75.0 Å². The predicted octanol–water partition coefficient (Wildman–Crippen LogP) is 0.307. The Kier molecular flexibility index (Phi) is 7.28. The number of alkyl halides is 1. The molecule has 0 radical (unpaired) electrons. The van der Waals surface area contributed by atoms with Crippen molar-refractivity contribution < 1.29 is 18.3 Å². The first kappa shape index (κ1) is 27.0. The van der Waals surface area contributed by atoms with E-state index in [1.165, 1.54) is 32.6 Å². The summed E-state index contributed by atoms with van der Waals surface area (Å²) in [6, 6.07) is 16.0. The van der Waals surface area contributed by atoms with Crippen LogP contribution in [0.15, 0.2) is 71.8 Å². The third kappa shape index (κ3) is 5.45. The van der Waals surface area contributed by atoms with Crippen molar-refractivity contribution >= 4 is 31.4 Å². The molecule has 1 aliphatic rings. The van der Waals surface area contributed by atoms with Gasteiger partial charge in [-0.15, -0.1) is 0 Å². The highest BCUT2D eigenvalue weighted by molar-refractivity contribution is 6.53. The number of nitrogens with zero attached hydrogens (tertiary/aromatic N) is 4. The zero-order chi connectivity index (χ0) is 27.8. The van der Waals surface area contributed by atoms with E-state index in [2.05, 4.69) is 10.2 Å². The minimum Gasteiger partial charge on any atom is -0.498 e. The van der Waals surface area contributed by atoms with E-state index in [0.717, 1.165) is 18.4 Å². The number of halogens is 2. The van der Waals surface area contributed by atoms with Crippen molar-refractivity contribution in [1.29, 1.82) is 0 Å². The Morgan fingerprint density at radius 3 is 2.41 bits per heavy atom. The molecule has 13 heteroatoms. The molecular weight excluding hydrogens is 498 g/mol. The van der Waals surface area contributed by atoms with E-state index in [9.17, 15) is 4.79 Å². The van der Waals surface area contributed by atoms with Crippen molar-refractivity contribution in [2.45, 2.75) is 29.6 Å². The number of rotatable bonds is 7. The standard InChI is InChI=1S/C26H28B4F2N4O3/c27-25(28,32)26(29,30)39-22-15-35(20-7-6-17(14-19(20)31)16-9-12-38-13-10-16)34-23(24(22)37)21-8-11-33-36(21)18-4-2-1-3-5-18/h1-8,11,14-16H,9-10,12-13,27-30H2. The van der Waals surface area contributed by atoms with Gasteiger partial charge in [-0.25, -0.2) is 13.8 Å². The van der Waals surface area contributed by atoms with Gasteiger partial charge in [-0.1, -0.05) is 24.3 Å². The molecular formula is C26H28B4F2N4O3. The quantitative estimate of drug-likeness (QED) is 0.325. The van der Waals surface area contributed by atoms with Gasteiger partial charge in [-0.3, -0.25) is 9.18 Å². The SMILES string of the molecule is BC(B)(F)C(B)(B)Oc1cn(-c2ccc(C3CCOCC3)cc2F)nc(-c2ccnn2-c2ccccc2)c1=O. The Morgan fingerprint density at radius 1 is 1.03 bits per heavy atom. The minimum absolute atomic E-state index is 0.00535. The molecule has 1 aliphatic heterocycles. The summed E-state index contributed by atoms with van der Waals surface area (Å²) in [4.78, 5) is 13.7. The van der Waals surface area contributed by atoms with E-state index in [1.807, 2.05) is 36.4 Å². The molecule has 0 amide bonds. The van der Waals surface area contributed by atoms with Crippen LogP contribution in [0.4, 0.5) is 8.78 Å². The molecule has 4 aromatic rings. The van der Waals surface area contributed by atoms with E-state index < -0.39 is 22.1 Å². The van der Waals surface area contributed by atoms with Crippen LogP contribution in [0.2, 0.25) is 0 Å². The molecule has 3 heterocycles. The fourth-order valence-electron chi connectivity index (χ4n) is 4.48. The smallest absolute Gasteiger partial charge is 0.251 e. The van der Waals surface area contributed by atoms with Gasteiger partial charge in [0.2, 0.25) is 0 Å². The maximum Gasteiger partial charge on any atom is 0.251 e. The molecule has 0 spiro atoms. The molecule has 39 heavy (non-hydrogen) atoms. The highest BCUT2D eigenvalue weighted by atomic mass is 19.1. The third-order valence-electron chi connectivity index (χ3n) is 7.48. The van der Waals surface area contributed by atoms with E-state index in [1.54, 1.807) is 38.7 Å². The fourth-order valence-corrected chi connectivity index (χ4v) is 4.48. The van der Waals surface area contributed by atoms with Crippen LogP contribution < -0.4 is 10.2 Å². The Balaban J connectivity index is 1.65. The molecule has 196 valence electrons. The first-order valence-electron chi connectivity index (χ1n) is 13.0. The van der Waals surface area contributed by atoms with Gasteiger partial charge in [0.1, 0.15) is 42.9 Å². The summed E-state index contributed by atoms with van der Waals surface area (Å²) < 4.78 is 44.9. The largest absolute Gasteiger partial charge is 0.498 e. The number of hydrogen-bond acceptors (Lipinski definition) is 5. The first-order valence-corrected chi connectivity index (χ1v) is 13.0. The van der Waals surface area contributed by atoms with Gasteiger partial charge < -0.3 is 9.47 Å². The molecule has 1 saturated heterocycles. The van der Waals surface area contributed by atoms with Crippen LogP contribution in [0, 0.1) is 5.82 Å². The highest BCUT2D eigenvalue weighted by Gasteiger charge is 2.39. The molecule has 2 aromatic carbocycles. The molecule has 5 rings (SSSR count). The van der Waals surface area contributed by atoms with Gasteiger partial charge in [0, 0.05) is 13.2 Å². The summed E-state index contributed by atoms with van der Waals surface area (Å²) in [6.07, 6.45) is 4.53. The second-order valence-electron chi connectivity index (χ2n) is 10.8. The zero-order valence-electron chi connectivity index (χ0n) is 22.5. The van der Waals surface area contributed by atoms with Crippen molar-refractivity contribution in [3.63, 3.8) is 0 Å². The topological polar surface area (TPSA) is 71.2 Å². The minimum atomic E-state index is -1.78. The average molecular weight is 526 g/mol. The normalized spacial score (nSPS) is 14.8. The predicted molar refractivity (Wildman–Crippen MR) is 157 cm³/mol. The number of benzene rings is 2. The lowest BCUT2D eigenvalue weighted by Crippen LogP contribution is -2.58. The Bertz CT molecular complexity index is 1530. The molecule has 1 fully saturated rings. The summed E-state index contributed by atoms with van der Waals surface area (Å²) in [5, 5.41) is 7.54. The summed E-state index contributed by atoms with van der Waals surface area (Å²) in [5.41, 5.74) is -0.207. The van der Waals surface area contributed by atoms with Crippen molar-refractivity contribution in [3.8, 4) is 28.5 Å². The van der Waals surface area contributed by atoms with Crippen LogP contribution in [-0.2, 0) is 4.74 Å². The van der Waals surface area contributed by atoms with Gasteiger partial charge in [0.15, 0.2) is 11.4 Å². The van der Waals surface area contributed by atoms with Gasteiger partial charge in [-0.2, -0.15) is 10.2 Å². The molecule has 0 atom stereocenters. The Morgan fingerprint density at radius 2 is 1.74 bits per heavy atom. The summed E-state index contributed by atoms with van der Waals surface area (Å²) >= 11 is 0. The maximum atomic E-state index is 15.6. The van der Waals surface area contributed by atoms with E-state index >= 15 is 8.78 Å². The lowest BCUT2D eigenvalue weighted by Gasteiger charge is -2.36. The van der Waals surface area contributed by atoms with Crippen molar-refractivity contribution in [2.75, 3.05) is 13.2 Å². The van der Waals surface area contributed by atoms with E-state index in [0.29, 0.717) is 24.6 Å². The van der Waals surface area contributed by atoms with E-state index in [4.69, 9.17) is 9.47 Å². The van der Waals surface area contributed by atoms with Crippen LogP contribution in [0.25, 0.3) is 22.8 Å². The Labute approximate surface area is 229 Å². The second-order valence-corrected chi connectivity index (χ2v) is 10.8. The maximum absolute atomic E-state index is 15.6. The molecule has 0 saturated carbocycles. The van der Waals surface area contributed by atoms with Crippen LogP contribution in [0.5, 0.6) is 5.75 Å². The lowest BCUT2D eigenvalue weighted by atomic mass is 9.43. The van der Waals surface area contributed by atoms with Gasteiger partial charge in [-0.05, 0) is 54.7 Å². The van der Waals surface area contributed by atoms with Crippen molar-refractivity contribution in [1.82, 2.24) is 19.6 Å². The van der Waals surface area contributed by atoms with Crippen molar-refractivity contribution in [2.24, 2.45) is 0 Å². The number of para-hydroxylation sites is 1. The molecule has 0 unspecified atom stereocenters. The third-order valence-corrected chi connectivity index (χ3v) is 7.48. The van der Waals surface area contributed by atoms with Crippen molar-refractivity contribution in [3.05, 3.63) is 88.6 Å². The first-order chi connectivity index (χ1) is 18.5. The highest BCUT2D eigenvalue weighted by Crippen LogP contribution is 2.30. The molecule has 0 bridgehead atoms. The number of ether oxygens (including phenoxy) is 2. The van der Waals surface area contributed by atoms with Crippen LogP contribution in [0.3, 0.4) is 0 Å². The lowest BCUT2D eigenvalue weighted by molar-refractivity contribution is 0.0853. The number of hydrogen-bond donors (Lipinski definition) is 0. The van der Waals surface area contributed by atoms with Gasteiger partial charge in [0.25, 0.3) is 5.43 Å². The summed E-state index contributed by atoms with van der Waals surface area (Å²) in [6.45, 7) is 1.30. The van der Waals surface area contributed by atoms with Crippen LogP contribution in [0.1, 0.15) is 24.3 Å². The zero-order valence-corrected chi connectivity index (χ0v) is 22.5. The molecule has 7 nitrogen and oxygen atoms in total. The summed E-state index contributed by atoms with van der Waals surface area (Å²) in [5.74, 6) is -0.426. The molecule has 2 aromatic heterocycles. The number of aromatic nitrogens is 4. The van der Waals surface area contributed by atoms with E-state index in [-0.39, 0.29) is 23.0 Å².